The highest BCUT2D eigenvalue weighted by molar-refractivity contribution is 7.08. The van der Waals surface area contributed by atoms with E-state index in [0.29, 0.717) is 11.8 Å². The average molecular weight is 295 g/mol. The second-order valence-electron chi connectivity index (χ2n) is 4.14. The van der Waals surface area contributed by atoms with Crippen LogP contribution in [0.5, 0.6) is 0 Å². The van der Waals surface area contributed by atoms with Crippen molar-refractivity contribution in [3.05, 3.63) is 22.7 Å². The third-order valence-electron chi connectivity index (χ3n) is 2.55. The SMILES string of the molecule is C[C@@H](NC(=O)CCc1nnc(-c2ccsc2)o1)C(=O)O. The molecule has 7 nitrogen and oxygen atoms in total. The summed E-state index contributed by atoms with van der Waals surface area (Å²) in [5, 5.41) is 22.6. The number of hydrogen-bond acceptors (Lipinski definition) is 6. The van der Waals surface area contributed by atoms with Crippen LogP contribution < -0.4 is 5.32 Å². The Kier molecular flexibility index (Phi) is 4.46. The molecule has 2 N–H and O–H groups in total. The minimum Gasteiger partial charge on any atom is -0.480 e. The monoisotopic (exact) mass is 295 g/mol. The normalized spacial score (nSPS) is 12.1. The number of aliphatic carboxylic acids is 1. The Hall–Kier alpha value is -2.22. The van der Waals surface area contributed by atoms with Crippen molar-refractivity contribution < 1.29 is 19.1 Å². The van der Waals surface area contributed by atoms with Gasteiger partial charge < -0.3 is 14.8 Å². The Labute approximate surface area is 118 Å². The summed E-state index contributed by atoms with van der Waals surface area (Å²) < 4.78 is 5.42. The molecule has 0 fully saturated rings. The zero-order chi connectivity index (χ0) is 14.5. The quantitative estimate of drug-likeness (QED) is 0.832. The molecule has 0 saturated heterocycles. The number of hydrogen-bond donors (Lipinski definition) is 2. The van der Waals surface area contributed by atoms with Crippen LogP contribution in [0.1, 0.15) is 19.2 Å². The van der Waals surface area contributed by atoms with Crippen molar-refractivity contribution >= 4 is 23.2 Å². The third-order valence-corrected chi connectivity index (χ3v) is 3.23. The largest absolute Gasteiger partial charge is 0.480 e. The molecule has 1 atom stereocenters. The fourth-order valence-electron chi connectivity index (χ4n) is 1.45. The predicted molar refractivity (Wildman–Crippen MR) is 71.2 cm³/mol. The number of aryl methyl sites for hydroxylation is 1. The molecule has 0 aromatic carbocycles. The number of carboxylic acid groups (broad SMARTS) is 1. The zero-order valence-electron chi connectivity index (χ0n) is 10.7. The molecule has 106 valence electrons. The van der Waals surface area contributed by atoms with E-state index in [2.05, 4.69) is 15.5 Å². The number of thiophene rings is 1. The van der Waals surface area contributed by atoms with Crippen molar-refractivity contribution in [1.29, 1.82) is 0 Å². The van der Waals surface area contributed by atoms with Crippen molar-refractivity contribution in [3.63, 3.8) is 0 Å². The minimum atomic E-state index is -1.07. The van der Waals surface area contributed by atoms with Crippen LogP contribution in [0.2, 0.25) is 0 Å². The Morgan fingerprint density at radius 3 is 2.95 bits per heavy atom. The maximum atomic E-state index is 11.5. The number of nitrogens with zero attached hydrogens (tertiary/aromatic N) is 2. The highest BCUT2D eigenvalue weighted by Crippen LogP contribution is 2.20. The first-order valence-corrected chi connectivity index (χ1v) is 6.87. The summed E-state index contributed by atoms with van der Waals surface area (Å²) in [6.45, 7) is 1.40. The molecule has 2 rings (SSSR count). The first kappa shape index (κ1) is 14.2. The van der Waals surface area contributed by atoms with E-state index >= 15 is 0 Å². The number of aromatic nitrogens is 2. The molecule has 2 aromatic rings. The van der Waals surface area contributed by atoms with Gasteiger partial charge in [-0.2, -0.15) is 11.3 Å². The van der Waals surface area contributed by atoms with Crippen LogP contribution in [0.3, 0.4) is 0 Å². The maximum absolute atomic E-state index is 11.5. The van der Waals surface area contributed by atoms with Gasteiger partial charge in [-0.1, -0.05) is 0 Å². The fraction of sp³-hybridized carbons (Fsp3) is 0.333. The van der Waals surface area contributed by atoms with Crippen molar-refractivity contribution in [2.45, 2.75) is 25.8 Å². The van der Waals surface area contributed by atoms with Gasteiger partial charge >= 0.3 is 5.97 Å². The lowest BCUT2D eigenvalue weighted by molar-refractivity contribution is -0.141. The highest BCUT2D eigenvalue weighted by Gasteiger charge is 2.15. The lowest BCUT2D eigenvalue weighted by Gasteiger charge is -2.07. The van der Waals surface area contributed by atoms with Crippen LogP contribution in [-0.2, 0) is 16.0 Å². The minimum absolute atomic E-state index is 0.100. The molecule has 20 heavy (non-hydrogen) atoms. The van der Waals surface area contributed by atoms with E-state index in [1.165, 1.54) is 18.3 Å². The zero-order valence-corrected chi connectivity index (χ0v) is 11.5. The Morgan fingerprint density at radius 2 is 2.30 bits per heavy atom. The lowest BCUT2D eigenvalue weighted by atomic mass is 10.2. The van der Waals surface area contributed by atoms with Crippen molar-refractivity contribution in [2.24, 2.45) is 0 Å². The molecule has 2 heterocycles. The second-order valence-corrected chi connectivity index (χ2v) is 4.92. The van der Waals surface area contributed by atoms with Gasteiger partial charge in [0.05, 0.1) is 0 Å². The van der Waals surface area contributed by atoms with Gasteiger partial charge in [0.2, 0.25) is 17.7 Å². The van der Waals surface area contributed by atoms with Crippen LogP contribution in [0.25, 0.3) is 11.5 Å². The van der Waals surface area contributed by atoms with E-state index in [0.717, 1.165) is 5.56 Å². The molecule has 0 saturated carbocycles. The van der Waals surface area contributed by atoms with E-state index in [-0.39, 0.29) is 18.7 Å². The second kappa shape index (κ2) is 6.29. The number of nitrogens with one attached hydrogen (secondary N) is 1. The van der Waals surface area contributed by atoms with Gasteiger partial charge in [0.25, 0.3) is 0 Å². The van der Waals surface area contributed by atoms with E-state index in [4.69, 9.17) is 9.52 Å². The standard InChI is InChI=1S/C12H13N3O4S/c1-7(12(17)18)13-9(16)2-3-10-14-15-11(19-10)8-4-5-20-6-8/h4-7H,2-3H2,1H3,(H,13,16)(H,17,18)/t7-/m1/s1. The molecule has 0 aliphatic carbocycles. The number of amides is 1. The Morgan fingerprint density at radius 1 is 1.50 bits per heavy atom. The number of rotatable bonds is 6. The predicted octanol–water partition coefficient (Wildman–Crippen LogP) is 1.32. The molecule has 0 aliphatic rings. The lowest BCUT2D eigenvalue weighted by Crippen LogP contribution is -2.38. The molecule has 0 spiro atoms. The van der Waals surface area contributed by atoms with Crippen LogP contribution in [-0.4, -0.2) is 33.2 Å². The molecule has 1 amide bonds. The van der Waals surface area contributed by atoms with Gasteiger partial charge in [0.15, 0.2) is 0 Å². The number of carbonyl (C=O) groups excluding carboxylic acids is 1. The van der Waals surface area contributed by atoms with E-state index in [1.807, 2.05) is 16.8 Å². The van der Waals surface area contributed by atoms with Crippen LogP contribution >= 0.6 is 11.3 Å². The van der Waals surface area contributed by atoms with Gasteiger partial charge in [0, 0.05) is 23.8 Å². The molecule has 0 bridgehead atoms. The summed E-state index contributed by atoms with van der Waals surface area (Å²) in [5.74, 6) is -0.670. The van der Waals surface area contributed by atoms with Gasteiger partial charge in [-0.3, -0.25) is 9.59 Å². The summed E-state index contributed by atoms with van der Waals surface area (Å²) in [4.78, 5) is 22.1. The van der Waals surface area contributed by atoms with E-state index in [9.17, 15) is 9.59 Å². The van der Waals surface area contributed by atoms with Crippen LogP contribution in [0.15, 0.2) is 21.2 Å². The van der Waals surface area contributed by atoms with E-state index < -0.39 is 12.0 Å². The molecule has 8 heteroatoms. The first-order chi connectivity index (χ1) is 9.56. The van der Waals surface area contributed by atoms with Gasteiger partial charge in [0.1, 0.15) is 6.04 Å². The smallest absolute Gasteiger partial charge is 0.325 e. The van der Waals surface area contributed by atoms with Crippen molar-refractivity contribution in [2.75, 3.05) is 0 Å². The first-order valence-electron chi connectivity index (χ1n) is 5.93. The van der Waals surface area contributed by atoms with Crippen molar-refractivity contribution in [3.8, 4) is 11.5 Å². The average Bonchev–Trinajstić information content (AvgIpc) is 3.07. The summed E-state index contributed by atoms with van der Waals surface area (Å²) in [7, 11) is 0. The number of carboxylic acids is 1. The number of carbonyl (C=O) groups is 2. The van der Waals surface area contributed by atoms with E-state index in [1.54, 1.807) is 0 Å². The molecule has 2 aromatic heterocycles. The highest BCUT2D eigenvalue weighted by atomic mass is 32.1. The van der Waals surface area contributed by atoms with Gasteiger partial charge in [-0.05, 0) is 18.4 Å². The van der Waals surface area contributed by atoms with Gasteiger partial charge in [-0.15, -0.1) is 10.2 Å². The fourth-order valence-corrected chi connectivity index (χ4v) is 2.08. The molecule has 0 radical (unpaired) electrons. The molecular formula is C12H13N3O4S. The molecule has 0 unspecified atom stereocenters. The Balaban J connectivity index is 1.86. The maximum Gasteiger partial charge on any atom is 0.325 e. The van der Waals surface area contributed by atoms with Crippen molar-refractivity contribution in [1.82, 2.24) is 15.5 Å². The third kappa shape index (κ3) is 3.64. The molecular weight excluding hydrogens is 282 g/mol. The van der Waals surface area contributed by atoms with Gasteiger partial charge in [-0.25, -0.2) is 0 Å². The Bertz CT molecular complexity index is 594. The van der Waals surface area contributed by atoms with Crippen LogP contribution in [0, 0.1) is 0 Å². The molecule has 0 aliphatic heterocycles. The van der Waals surface area contributed by atoms with Crippen LogP contribution in [0.4, 0.5) is 0 Å². The summed E-state index contributed by atoms with van der Waals surface area (Å²) in [6.07, 6.45) is 0.373. The summed E-state index contributed by atoms with van der Waals surface area (Å²) in [6, 6.07) is 0.954. The topological polar surface area (TPSA) is 105 Å². The summed E-state index contributed by atoms with van der Waals surface area (Å²) in [5.41, 5.74) is 0.845. The summed E-state index contributed by atoms with van der Waals surface area (Å²) >= 11 is 1.52.